The molecule has 0 amide bonds. The van der Waals surface area contributed by atoms with Gasteiger partial charge in [0.15, 0.2) is 5.78 Å². The van der Waals surface area contributed by atoms with Gasteiger partial charge in [0.1, 0.15) is 5.75 Å². The normalized spacial score (nSPS) is 12.1. The minimum absolute atomic E-state index is 0.0398. The number of rotatable bonds is 5. The maximum absolute atomic E-state index is 13.1. The molecule has 1 unspecified atom stereocenters. The molecule has 0 spiro atoms. The van der Waals surface area contributed by atoms with Gasteiger partial charge in [0.05, 0.1) is 7.11 Å². The highest BCUT2D eigenvalue weighted by atomic mass is 32.2. The summed E-state index contributed by atoms with van der Waals surface area (Å²) in [6, 6.07) is 16.8. The Balaban J connectivity index is 2.14. The largest absolute Gasteiger partial charge is 0.497 e. The van der Waals surface area contributed by atoms with Crippen LogP contribution in [0, 0.1) is 0 Å². The smallest absolute Gasteiger partial charge is 0.193 e. The van der Waals surface area contributed by atoms with Crippen LogP contribution in [0.25, 0.3) is 10.8 Å². The number of methoxy groups -OCH3 is 1. The van der Waals surface area contributed by atoms with E-state index < -0.39 is 10.8 Å². The maximum atomic E-state index is 13.1. The fraction of sp³-hybridized carbons (Fsp3) is 0.190. The Labute approximate surface area is 150 Å². The first-order valence-electron chi connectivity index (χ1n) is 8.12. The lowest BCUT2D eigenvalue weighted by Crippen LogP contribution is -2.04. The van der Waals surface area contributed by atoms with E-state index in [2.05, 4.69) is 13.0 Å². The fourth-order valence-electron chi connectivity index (χ4n) is 2.87. The van der Waals surface area contributed by atoms with E-state index in [1.54, 1.807) is 37.6 Å². The number of hydrogen-bond acceptors (Lipinski definition) is 3. The Hall–Kier alpha value is -2.46. The summed E-state index contributed by atoms with van der Waals surface area (Å²) in [7, 11) is 0.563. The molecule has 3 rings (SSSR count). The predicted molar refractivity (Wildman–Crippen MR) is 102 cm³/mol. The van der Waals surface area contributed by atoms with E-state index in [9.17, 15) is 9.00 Å². The standard InChI is InChI=1S/C21H20O3S/c1-4-14-11-16-5-8-17(24-2)13-19(16)20(12-14)21(22)15-6-9-18(10-7-15)25(3)23/h5-13H,4H2,1-3H3. The molecule has 0 saturated heterocycles. The number of carbonyl (C=O) groups excluding carboxylic acids is 1. The molecular formula is C21H20O3S. The zero-order chi connectivity index (χ0) is 18.0. The molecule has 0 radical (unpaired) electrons. The van der Waals surface area contributed by atoms with Gasteiger partial charge >= 0.3 is 0 Å². The van der Waals surface area contributed by atoms with Crippen LogP contribution < -0.4 is 4.74 Å². The second kappa shape index (κ2) is 7.19. The Morgan fingerprint density at radius 2 is 1.76 bits per heavy atom. The third-order valence-electron chi connectivity index (χ3n) is 4.32. The maximum Gasteiger partial charge on any atom is 0.193 e. The van der Waals surface area contributed by atoms with Gasteiger partial charge < -0.3 is 4.74 Å². The first kappa shape index (κ1) is 17.4. The molecule has 3 aromatic rings. The SMILES string of the molecule is CCc1cc(C(=O)c2ccc(S(C)=O)cc2)c2cc(OC)ccc2c1. The highest BCUT2D eigenvalue weighted by molar-refractivity contribution is 7.84. The molecule has 0 aliphatic carbocycles. The predicted octanol–water partition coefficient (Wildman–Crippen LogP) is 4.38. The van der Waals surface area contributed by atoms with E-state index in [0.29, 0.717) is 16.0 Å². The molecule has 3 nitrogen and oxygen atoms in total. The highest BCUT2D eigenvalue weighted by Crippen LogP contribution is 2.28. The second-order valence-electron chi connectivity index (χ2n) is 5.89. The quantitative estimate of drug-likeness (QED) is 0.640. The van der Waals surface area contributed by atoms with E-state index in [1.807, 2.05) is 24.3 Å². The molecule has 0 saturated carbocycles. The lowest BCUT2D eigenvalue weighted by Gasteiger charge is -2.11. The van der Waals surface area contributed by atoms with Gasteiger partial charge in [-0.2, -0.15) is 0 Å². The van der Waals surface area contributed by atoms with Crippen molar-refractivity contribution >= 4 is 27.4 Å². The number of ether oxygens (including phenoxy) is 1. The Kier molecular flexibility index (Phi) is 5.00. The van der Waals surface area contributed by atoms with Crippen LogP contribution in [0.5, 0.6) is 5.75 Å². The second-order valence-corrected chi connectivity index (χ2v) is 7.27. The highest BCUT2D eigenvalue weighted by Gasteiger charge is 2.15. The van der Waals surface area contributed by atoms with Gasteiger partial charge in [-0.1, -0.05) is 19.1 Å². The topological polar surface area (TPSA) is 43.4 Å². The van der Waals surface area contributed by atoms with Gasteiger partial charge in [0.2, 0.25) is 0 Å². The van der Waals surface area contributed by atoms with Crippen molar-refractivity contribution in [2.75, 3.05) is 13.4 Å². The van der Waals surface area contributed by atoms with Crippen molar-refractivity contribution in [3.63, 3.8) is 0 Å². The monoisotopic (exact) mass is 352 g/mol. The number of benzene rings is 3. The summed E-state index contributed by atoms with van der Waals surface area (Å²) in [5.74, 6) is 0.685. The minimum atomic E-state index is -1.05. The Morgan fingerprint density at radius 3 is 2.36 bits per heavy atom. The van der Waals surface area contributed by atoms with Gasteiger partial charge in [-0.3, -0.25) is 9.00 Å². The number of carbonyl (C=O) groups is 1. The molecule has 1 atom stereocenters. The summed E-state index contributed by atoms with van der Waals surface area (Å²) >= 11 is 0. The Bertz CT molecular complexity index is 959. The van der Waals surface area contributed by atoms with Crippen molar-refractivity contribution in [3.05, 3.63) is 71.3 Å². The number of hydrogen-bond donors (Lipinski definition) is 0. The van der Waals surface area contributed by atoms with Crippen LogP contribution in [0.15, 0.2) is 59.5 Å². The van der Waals surface area contributed by atoms with Gasteiger partial charge in [0.25, 0.3) is 0 Å². The summed E-state index contributed by atoms with van der Waals surface area (Å²) in [4.78, 5) is 13.8. The van der Waals surface area contributed by atoms with Crippen LogP contribution in [-0.2, 0) is 17.2 Å². The lowest BCUT2D eigenvalue weighted by molar-refractivity contribution is 0.104. The molecule has 25 heavy (non-hydrogen) atoms. The zero-order valence-electron chi connectivity index (χ0n) is 14.5. The summed E-state index contributed by atoms with van der Waals surface area (Å²) in [5, 5.41) is 1.90. The summed E-state index contributed by atoms with van der Waals surface area (Å²) < 4.78 is 16.9. The van der Waals surface area contributed by atoms with Crippen molar-refractivity contribution < 1.29 is 13.7 Å². The van der Waals surface area contributed by atoms with E-state index in [1.165, 1.54) is 0 Å². The van der Waals surface area contributed by atoms with Gasteiger partial charge in [-0.15, -0.1) is 0 Å². The molecule has 4 heteroatoms. The third kappa shape index (κ3) is 3.49. The minimum Gasteiger partial charge on any atom is -0.497 e. The molecule has 0 aliphatic heterocycles. The van der Waals surface area contributed by atoms with Crippen molar-refractivity contribution in [1.29, 1.82) is 0 Å². The van der Waals surface area contributed by atoms with Crippen LogP contribution in [0.2, 0.25) is 0 Å². The number of ketones is 1. The molecule has 0 aliphatic rings. The van der Waals surface area contributed by atoms with Crippen LogP contribution in [-0.4, -0.2) is 23.4 Å². The number of aryl methyl sites for hydroxylation is 1. The summed E-state index contributed by atoms with van der Waals surface area (Å²) in [5.41, 5.74) is 2.37. The molecule has 0 aromatic heterocycles. The first-order valence-corrected chi connectivity index (χ1v) is 9.68. The van der Waals surface area contributed by atoms with Crippen molar-refractivity contribution in [2.24, 2.45) is 0 Å². The van der Waals surface area contributed by atoms with Crippen LogP contribution in [0.4, 0.5) is 0 Å². The van der Waals surface area contributed by atoms with E-state index in [0.717, 1.165) is 28.5 Å². The molecular weight excluding hydrogens is 332 g/mol. The third-order valence-corrected chi connectivity index (χ3v) is 5.26. The van der Waals surface area contributed by atoms with Gasteiger partial charge in [0, 0.05) is 33.1 Å². The van der Waals surface area contributed by atoms with E-state index in [-0.39, 0.29) is 5.78 Å². The zero-order valence-corrected chi connectivity index (χ0v) is 15.4. The van der Waals surface area contributed by atoms with Gasteiger partial charge in [-0.25, -0.2) is 0 Å². The lowest BCUT2D eigenvalue weighted by atomic mass is 9.94. The van der Waals surface area contributed by atoms with Crippen molar-refractivity contribution in [1.82, 2.24) is 0 Å². The molecule has 0 N–H and O–H groups in total. The van der Waals surface area contributed by atoms with Crippen molar-refractivity contribution in [2.45, 2.75) is 18.2 Å². The fourth-order valence-corrected chi connectivity index (χ4v) is 3.39. The number of fused-ring (bicyclic) bond motifs is 1. The summed E-state index contributed by atoms with van der Waals surface area (Å²) in [6.07, 6.45) is 2.48. The first-order chi connectivity index (χ1) is 12.0. The molecule has 0 fully saturated rings. The van der Waals surface area contributed by atoms with E-state index in [4.69, 9.17) is 4.74 Å². The van der Waals surface area contributed by atoms with Crippen molar-refractivity contribution in [3.8, 4) is 5.75 Å². The van der Waals surface area contributed by atoms with Crippen LogP contribution >= 0.6 is 0 Å². The average molecular weight is 352 g/mol. The van der Waals surface area contributed by atoms with Crippen LogP contribution in [0.1, 0.15) is 28.4 Å². The molecule has 128 valence electrons. The molecule has 0 heterocycles. The Morgan fingerprint density at radius 1 is 1.04 bits per heavy atom. The molecule has 0 bridgehead atoms. The van der Waals surface area contributed by atoms with Gasteiger partial charge in [-0.05, 0) is 65.2 Å². The van der Waals surface area contributed by atoms with E-state index >= 15 is 0 Å². The summed E-state index contributed by atoms with van der Waals surface area (Å²) in [6.45, 7) is 2.07. The van der Waals surface area contributed by atoms with Crippen LogP contribution in [0.3, 0.4) is 0 Å². The average Bonchev–Trinajstić information content (AvgIpc) is 2.66. The molecule has 3 aromatic carbocycles.